The van der Waals surface area contributed by atoms with E-state index in [4.69, 9.17) is 4.74 Å². The van der Waals surface area contributed by atoms with Gasteiger partial charge in [0.25, 0.3) is 0 Å². The summed E-state index contributed by atoms with van der Waals surface area (Å²) in [4.78, 5) is 11.0. The van der Waals surface area contributed by atoms with Gasteiger partial charge in [-0.1, -0.05) is 44.2 Å². The van der Waals surface area contributed by atoms with Gasteiger partial charge in [-0.25, -0.2) is 0 Å². The molecule has 1 unspecified atom stereocenters. The van der Waals surface area contributed by atoms with E-state index in [9.17, 15) is 4.79 Å². The van der Waals surface area contributed by atoms with E-state index in [2.05, 4.69) is 26.0 Å². The molecule has 1 atom stereocenters. The number of hydrogen-bond acceptors (Lipinski definition) is 2. The summed E-state index contributed by atoms with van der Waals surface area (Å²) in [5, 5.41) is 0. The summed E-state index contributed by atoms with van der Waals surface area (Å²) in [5.74, 6) is 0.342. The molecule has 1 aromatic rings. The van der Waals surface area contributed by atoms with Crippen molar-refractivity contribution in [3.63, 3.8) is 0 Å². The van der Waals surface area contributed by atoms with Crippen molar-refractivity contribution in [2.75, 3.05) is 0 Å². The van der Waals surface area contributed by atoms with Crippen LogP contribution >= 0.6 is 0 Å². The van der Waals surface area contributed by atoms with E-state index in [0.717, 1.165) is 12.8 Å². The van der Waals surface area contributed by atoms with Gasteiger partial charge in [-0.3, -0.25) is 4.79 Å². The largest absolute Gasteiger partial charge is 0.462 e. The number of rotatable bonds is 5. The third kappa shape index (κ3) is 4.96. The highest BCUT2D eigenvalue weighted by molar-refractivity contribution is 5.66. The van der Waals surface area contributed by atoms with Crippen LogP contribution in [0.25, 0.3) is 0 Å². The number of benzene rings is 1. The van der Waals surface area contributed by atoms with Crippen LogP contribution < -0.4 is 0 Å². The first kappa shape index (κ1) is 12.8. The lowest BCUT2D eigenvalue weighted by atomic mass is 9.99. The predicted octanol–water partition coefficient (Wildman–Crippen LogP) is 3.21. The van der Waals surface area contributed by atoms with Crippen molar-refractivity contribution >= 4 is 5.97 Å². The molecule has 0 aliphatic heterocycles. The zero-order valence-corrected chi connectivity index (χ0v) is 10.3. The lowest BCUT2D eigenvalue weighted by Gasteiger charge is -2.19. The molecule has 2 nitrogen and oxygen atoms in total. The Labute approximate surface area is 97.6 Å². The first-order valence-corrected chi connectivity index (χ1v) is 5.79. The van der Waals surface area contributed by atoms with Crippen molar-refractivity contribution in [1.82, 2.24) is 0 Å². The fourth-order valence-electron chi connectivity index (χ4n) is 1.81. The van der Waals surface area contributed by atoms with E-state index in [1.165, 1.54) is 12.5 Å². The second-order valence-corrected chi connectivity index (χ2v) is 4.55. The fourth-order valence-corrected chi connectivity index (χ4v) is 1.81. The Bertz CT molecular complexity index is 317. The Morgan fingerprint density at radius 3 is 2.38 bits per heavy atom. The highest BCUT2D eigenvalue weighted by Gasteiger charge is 2.14. The average Bonchev–Trinajstić information content (AvgIpc) is 2.16. The molecule has 1 rings (SSSR count). The summed E-state index contributed by atoms with van der Waals surface area (Å²) in [5.41, 5.74) is 1.22. The van der Waals surface area contributed by atoms with E-state index >= 15 is 0 Å². The maximum absolute atomic E-state index is 11.0. The maximum atomic E-state index is 11.0. The van der Waals surface area contributed by atoms with Gasteiger partial charge in [-0.2, -0.15) is 0 Å². The third-order valence-electron chi connectivity index (χ3n) is 2.37. The average molecular weight is 220 g/mol. The first-order chi connectivity index (χ1) is 7.58. The minimum Gasteiger partial charge on any atom is -0.462 e. The van der Waals surface area contributed by atoms with Crippen LogP contribution in [0.2, 0.25) is 0 Å². The summed E-state index contributed by atoms with van der Waals surface area (Å²) in [6, 6.07) is 10.1. The Balaban J connectivity index is 2.59. The van der Waals surface area contributed by atoms with Gasteiger partial charge in [0.2, 0.25) is 0 Å². The first-order valence-electron chi connectivity index (χ1n) is 5.79. The second-order valence-electron chi connectivity index (χ2n) is 4.55. The number of carbonyl (C=O) groups excluding carboxylic acids is 1. The van der Waals surface area contributed by atoms with Crippen molar-refractivity contribution in [3.8, 4) is 0 Å². The van der Waals surface area contributed by atoms with Crippen LogP contribution in [0.15, 0.2) is 30.3 Å². The van der Waals surface area contributed by atoms with Crippen molar-refractivity contribution in [1.29, 1.82) is 0 Å². The van der Waals surface area contributed by atoms with E-state index in [-0.39, 0.29) is 12.1 Å². The Morgan fingerprint density at radius 1 is 1.25 bits per heavy atom. The normalized spacial score (nSPS) is 12.5. The summed E-state index contributed by atoms with van der Waals surface area (Å²) >= 11 is 0. The van der Waals surface area contributed by atoms with Gasteiger partial charge in [-0.15, -0.1) is 0 Å². The quantitative estimate of drug-likeness (QED) is 0.712. The van der Waals surface area contributed by atoms with Gasteiger partial charge in [0.1, 0.15) is 6.10 Å². The highest BCUT2D eigenvalue weighted by Crippen LogP contribution is 2.14. The van der Waals surface area contributed by atoms with Gasteiger partial charge in [0, 0.05) is 13.3 Å². The molecule has 0 N–H and O–H groups in total. The van der Waals surface area contributed by atoms with Crippen LogP contribution in [0.4, 0.5) is 0 Å². The Hall–Kier alpha value is -1.31. The molecule has 0 radical (unpaired) electrons. The maximum Gasteiger partial charge on any atom is 0.302 e. The van der Waals surface area contributed by atoms with E-state index in [1.807, 2.05) is 18.2 Å². The number of ether oxygens (including phenoxy) is 1. The lowest BCUT2D eigenvalue weighted by molar-refractivity contribution is -0.146. The fraction of sp³-hybridized carbons (Fsp3) is 0.500. The smallest absolute Gasteiger partial charge is 0.302 e. The summed E-state index contributed by atoms with van der Waals surface area (Å²) in [6.45, 7) is 5.75. The molecule has 0 heterocycles. The highest BCUT2D eigenvalue weighted by atomic mass is 16.5. The molecule has 0 spiro atoms. The molecule has 0 fully saturated rings. The van der Waals surface area contributed by atoms with E-state index in [1.54, 1.807) is 0 Å². The van der Waals surface area contributed by atoms with Crippen LogP contribution in [0.3, 0.4) is 0 Å². The molecule has 0 aliphatic carbocycles. The van der Waals surface area contributed by atoms with Crippen LogP contribution in [-0.2, 0) is 16.0 Å². The predicted molar refractivity (Wildman–Crippen MR) is 65.2 cm³/mol. The summed E-state index contributed by atoms with van der Waals surface area (Å²) in [6.07, 6.45) is 1.72. The molecule has 2 heteroatoms. The second kappa shape index (κ2) is 6.31. The number of carbonyl (C=O) groups is 1. The molecule has 0 aliphatic rings. The van der Waals surface area contributed by atoms with Gasteiger partial charge >= 0.3 is 5.97 Å². The lowest BCUT2D eigenvalue weighted by Crippen LogP contribution is -2.21. The van der Waals surface area contributed by atoms with Crippen LogP contribution in [-0.4, -0.2) is 12.1 Å². The molecule has 0 amide bonds. The Morgan fingerprint density at radius 2 is 1.88 bits per heavy atom. The van der Waals surface area contributed by atoms with Gasteiger partial charge < -0.3 is 4.74 Å². The van der Waals surface area contributed by atoms with Gasteiger partial charge in [0.05, 0.1) is 0 Å². The third-order valence-corrected chi connectivity index (χ3v) is 2.37. The van der Waals surface area contributed by atoms with E-state index < -0.39 is 0 Å². The molecule has 0 aromatic heterocycles. The van der Waals surface area contributed by atoms with Crippen LogP contribution in [0.5, 0.6) is 0 Å². The SMILES string of the molecule is CC(=O)OC(Cc1ccccc1)CC(C)C. The topological polar surface area (TPSA) is 26.3 Å². The molecular formula is C14H20O2. The van der Waals surface area contributed by atoms with Crippen molar-refractivity contribution in [3.05, 3.63) is 35.9 Å². The van der Waals surface area contributed by atoms with E-state index in [0.29, 0.717) is 5.92 Å². The minimum absolute atomic E-state index is 0.0000926. The van der Waals surface area contributed by atoms with Crippen LogP contribution in [0.1, 0.15) is 32.8 Å². The number of esters is 1. The van der Waals surface area contributed by atoms with Gasteiger partial charge in [0.15, 0.2) is 0 Å². The van der Waals surface area contributed by atoms with Crippen molar-refractivity contribution in [2.24, 2.45) is 5.92 Å². The number of hydrogen-bond donors (Lipinski definition) is 0. The minimum atomic E-state index is -0.193. The van der Waals surface area contributed by atoms with Crippen molar-refractivity contribution in [2.45, 2.75) is 39.7 Å². The Kier molecular flexibility index (Phi) is 5.03. The molecular weight excluding hydrogens is 200 g/mol. The van der Waals surface area contributed by atoms with Crippen molar-refractivity contribution < 1.29 is 9.53 Å². The van der Waals surface area contributed by atoms with Crippen LogP contribution in [0, 0.1) is 5.92 Å². The molecule has 0 saturated heterocycles. The molecule has 1 aromatic carbocycles. The summed E-state index contributed by atoms with van der Waals surface area (Å²) < 4.78 is 5.33. The summed E-state index contributed by atoms with van der Waals surface area (Å²) in [7, 11) is 0. The zero-order chi connectivity index (χ0) is 12.0. The molecule has 0 saturated carbocycles. The molecule has 88 valence electrons. The zero-order valence-electron chi connectivity index (χ0n) is 10.3. The molecule has 16 heavy (non-hydrogen) atoms. The van der Waals surface area contributed by atoms with Gasteiger partial charge in [-0.05, 0) is 17.9 Å². The molecule has 0 bridgehead atoms. The standard InChI is InChI=1S/C14H20O2/c1-11(2)9-14(16-12(3)15)10-13-7-5-4-6-8-13/h4-8,11,14H,9-10H2,1-3H3. The monoisotopic (exact) mass is 220 g/mol.